The van der Waals surface area contributed by atoms with Crippen molar-refractivity contribution in [2.45, 2.75) is 39.5 Å². The Labute approximate surface area is 109 Å². The molecule has 5 heteroatoms. The second kappa shape index (κ2) is 7.24. The Morgan fingerprint density at radius 2 is 1.89 bits per heavy atom. The molecule has 1 aliphatic heterocycles. The molecule has 0 aromatic rings. The molecule has 1 saturated heterocycles. The lowest BCUT2D eigenvalue weighted by Gasteiger charge is -2.35. The van der Waals surface area contributed by atoms with Gasteiger partial charge in [-0.2, -0.15) is 0 Å². The molecule has 0 atom stereocenters. The van der Waals surface area contributed by atoms with Gasteiger partial charge < -0.3 is 14.9 Å². The fourth-order valence-corrected chi connectivity index (χ4v) is 2.43. The van der Waals surface area contributed by atoms with E-state index < -0.39 is 5.97 Å². The molecule has 104 valence electrons. The largest absolute Gasteiger partial charge is 0.481 e. The number of carboxylic acids is 1. The summed E-state index contributed by atoms with van der Waals surface area (Å²) in [6.07, 6.45) is 2.81. The number of hydrogen-bond acceptors (Lipinski definition) is 2. The highest BCUT2D eigenvalue weighted by Gasteiger charge is 2.26. The number of hydrogen-bond donors (Lipinski definition) is 1. The molecule has 0 spiro atoms. The van der Waals surface area contributed by atoms with Crippen molar-refractivity contribution in [2.75, 3.05) is 26.2 Å². The quantitative estimate of drug-likeness (QED) is 0.818. The minimum atomic E-state index is -0.735. The maximum atomic E-state index is 12.2. The summed E-state index contributed by atoms with van der Waals surface area (Å²) in [6.45, 7) is 6.97. The van der Waals surface area contributed by atoms with Gasteiger partial charge in [-0.3, -0.25) is 4.79 Å². The van der Waals surface area contributed by atoms with Gasteiger partial charge in [-0.05, 0) is 32.1 Å². The zero-order valence-corrected chi connectivity index (χ0v) is 11.4. The summed E-state index contributed by atoms with van der Waals surface area (Å²) in [5.74, 6) is -0.506. The molecule has 1 aliphatic rings. The van der Waals surface area contributed by atoms with Crippen molar-refractivity contribution >= 4 is 12.0 Å². The molecular formula is C13H24N2O3. The van der Waals surface area contributed by atoms with E-state index in [2.05, 4.69) is 6.92 Å². The summed E-state index contributed by atoms with van der Waals surface area (Å²) < 4.78 is 0. The van der Waals surface area contributed by atoms with E-state index in [0.717, 1.165) is 32.4 Å². The van der Waals surface area contributed by atoms with Crippen LogP contribution in [0.2, 0.25) is 0 Å². The minimum Gasteiger partial charge on any atom is -0.481 e. The molecule has 0 bridgehead atoms. The van der Waals surface area contributed by atoms with Crippen LogP contribution in [0.25, 0.3) is 0 Å². The van der Waals surface area contributed by atoms with Crippen LogP contribution in [-0.4, -0.2) is 53.1 Å². The van der Waals surface area contributed by atoms with E-state index in [1.165, 1.54) is 0 Å². The Balaban J connectivity index is 2.41. The lowest BCUT2D eigenvalue weighted by Crippen LogP contribution is -2.47. The van der Waals surface area contributed by atoms with Crippen LogP contribution in [0.5, 0.6) is 0 Å². The number of piperidine rings is 1. The normalized spacial score (nSPS) is 16.7. The van der Waals surface area contributed by atoms with Crippen LogP contribution >= 0.6 is 0 Å². The van der Waals surface area contributed by atoms with Crippen LogP contribution in [-0.2, 0) is 4.79 Å². The first-order valence-electron chi connectivity index (χ1n) is 6.84. The summed E-state index contributed by atoms with van der Waals surface area (Å²) in [5.41, 5.74) is 0. The number of rotatable bonds is 5. The van der Waals surface area contributed by atoms with Crippen LogP contribution < -0.4 is 0 Å². The van der Waals surface area contributed by atoms with Gasteiger partial charge in [0.2, 0.25) is 0 Å². The number of carboxylic acid groups (broad SMARTS) is 1. The lowest BCUT2D eigenvalue weighted by atomic mass is 9.94. The Bertz CT molecular complexity index is 286. The maximum Gasteiger partial charge on any atom is 0.319 e. The molecule has 5 nitrogen and oxygen atoms in total. The lowest BCUT2D eigenvalue weighted by molar-refractivity contribution is -0.138. The molecule has 0 saturated carbocycles. The number of carbonyl (C=O) groups is 2. The van der Waals surface area contributed by atoms with E-state index in [0.29, 0.717) is 13.1 Å². The number of likely N-dealkylation sites (tertiary alicyclic amines) is 1. The number of carbonyl (C=O) groups excluding carboxylic acids is 1. The van der Waals surface area contributed by atoms with Crippen LogP contribution in [0, 0.1) is 5.92 Å². The molecule has 0 unspecified atom stereocenters. The minimum absolute atomic E-state index is 0.105. The summed E-state index contributed by atoms with van der Waals surface area (Å²) in [4.78, 5) is 26.5. The van der Waals surface area contributed by atoms with Crippen molar-refractivity contribution < 1.29 is 14.7 Å². The average Bonchev–Trinajstić information content (AvgIpc) is 2.35. The first-order valence-corrected chi connectivity index (χ1v) is 6.84. The number of amides is 2. The Morgan fingerprint density at radius 1 is 1.28 bits per heavy atom. The predicted molar refractivity (Wildman–Crippen MR) is 69.5 cm³/mol. The van der Waals surface area contributed by atoms with E-state index in [4.69, 9.17) is 5.11 Å². The third kappa shape index (κ3) is 4.20. The molecule has 2 amide bonds. The average molecular weight is 256 g/mol. The first-order chi connectivity index (χ1) is 8.58. The standard InChI is InChI=1S/C13H24N2O3/c1-3-7-14(4-2)13(18)15-8-5-11(6-9-15)10-12(16)17/h11H,3-10H2,1-2H3,(H,16,17). The van der Waals surface area contributed by atoms with Gasteiger partial charge in [0, 0.05) is 32.6 Å². The zero-order chi connectivity index (χ0) is 13.5. The van der Waals surface area contributed by atoms with E-state index in [1.807, 2.05) is 16.7 Å². The van der Waals surface area contributed by atoms with Crippen LogP contribution in [0.1, 0.15) is 39.5 Å². The summed E-state index contributed by atoms with van der Waals surface area (Å²) in [5, 5.41) is 8.75. The molecule has 0 aromatic carbocycles. The maximum absolute atomic E-state index is 12.2. The van der Waals surface area contributed by atoms with Gasteiger partial charge in [-0.25, -0.2) is 4.79 Å². The third-order valence-electron chi connectivity index (χ3n) is 3.49. The van der Waals surface area contributed by atoms with Gasteiger partial charge in [-0.1, -0.05) is 6.92 Å². The van der Waals surface area contributed by atoms with Gasteiger partial charge >= 0.3 is 12.0 Å². The van der Waals surface area contributed by atoms with Crippen LogP contribution in [0.4, 0.5) is 4.79 Å². The molecule has 0 aromatic heterocycles. The van der Waals surface area contributed by atoms with Crippen molar-refractivity contribution in [3.8, 4) is 0 Å². The second-order valence-electron chi connectivity index (χ2n) is 4.89. The highest BCUT2D eigenvalue weighted by atomic mass is 16.4. The molecule has 0 aliphatic carbocycles. The van der Waals surface area contributed by atoms with Crippen molar-refractivity contribution in [2.24, 2.45) is 5.92 Å². The highest BCUT2D eigenvalue weighted by Crippen LogP contribution is 2.21. The monoisotopic (exact) mass is 256 g/mol. The number of aliphatic carboxylic acids is 1. The van der Waals surface area contributed by atoms with Crippen molar-refractivity contribution in [1.29, 1.82) is 0 Å². The van der Waals surface area contributed by atoms with Crippen LogP contribution in [0.15, 0.2) is 0 Å². The summed E-state index contributed by atoms with van der Waals surface area (Å²) >= 11 is 0. The number of urea groups is 1. The highest BCUT2D eigenvalue weighted by molar-refractivity contribution is 5.74. The van der Waals surface area contributed by atoms with Crippen molar-refractivity contribution in [3.63, 3.8) is 0 Å². The Kier molecular flexibility index (Phi) is 5.95. The fraction of sp³-hybridized carbons (Fsp3) is 0.846. The molecule has 1 N–H and O–H groups in total. The molecule has 0 radical (unpaired) electrons. The van der Waals surface area contributed by atoms with Crippen molar-refractivity contribution in [3.05, 3.63) is 0 Å². The van der Waals surface area contributed by atoms with Crippen LogP contribution in [0.3, 0.4) is 0 Å². The molecule has 1 rings (SSSR count). The van der Waals surface area contributed by atoms with E-state index >= 15 is 0 Å². The van der Waals surface area contributed by atoms with Gasteiger partial charge in [0.05, 0.1) is 0 Å². The molecule has 18 heavy (non-hydrogen) atoms. The molecular weight excluding hydrogens is 232 g/mol. The molecule has 1 heterocycles. The smallest absolute Gasteiger partial charge is 0.319 e. The third-order valence-corrected chi connectivity index (χ3v) is 3.49. The summed E-state index contributed by atoms with van der Waals surface area (Å²) in [6, 6.07) is 0.105. The predicted octanol–water partition coefficient (Wildman–Crippen LogP) is 2.03. The first kappa shape index (κ1) is 14.8. The van der Waals surface area contributed by atoms with E-state index in [9.17, 15) is 9.59 Å². The van der Waals surface area contributed by atoms with Gasteiger partial charge in [-0.15, -0.1) is 0 Å². The van der Waals surface area contributed by atoms with E-state index in [1.54, 1.807) is 0 Å². The van der Waals surface area contributed by atoms with Gasteiger partial charge in [0.25, 0.3) is 0 Å². The van der Waals surface area contributed by atoms with E-state index in [-0.39, 0.29) is 18.4 Å². The van der Waals surface area contributed by atoms with Gasteiger partial charge in [0.1, 0.15) is 0 Å². The van der Waals surface area contributed by atoms with Crippen molar-refractivity contribution in [1.82, 2.24) is 9.80 Å². The summed E-state index contributed by atoms with van der Waals surface area (Å²) in [7, 11) is 0. The number of nitrogens with zero attached hydrogens (tertiary/aromatic N) is 2. The Morgan fingerprint density at radius 3 is 2.33 bits per heavy atom. The van der Waals surface area contributed by atoms with Gasteiger partial charge in [0.15, 0.2) is 0 Å². The fourth-order valence-electron chi connectivity index (χ4n) is 2.43. The second-order valence-corrected chi connectivity index (χ2v) is 4.89. The SMILES string of the molecule is CCCN(CC)C(=O)N1CCC(CC(=O)O)CC1. The topological polar surface area (TPSA) is 60.9 Å². The Hall–Kier alpha value is -1.26. The molecule has 1 fully saturated rings. The zero-order valence-electron chi connectivity index (χ0n) is 11.4.